The summed E-state index contributed by atoms with van der Waals surface area (Å²) in [5.41, 5.74) is 1.21. The van der Waals surface area contributed by atoms with Crippen LogP contribution >= 0.6 is 0 Å². The van der Waals surface area contributed by atoms with E-state index in [1.807, 2.05) is 18.2 Å². The summed E-state index contributed by atoms with van der Waals surface area (Å²) in [7, 11) is 0. The Morgan fingerprint density at radius 1 is 0.889 bits per heavy atom. The van der Waals surface area contributed by atoms with Gasteiger partial charge in [-0.1, -0.05) is 30.3 Å². The molecule has 2 N–H and O–H groups in total. The molecule has 6 nitrogen and oxygen atoms in total. The lowest BCUT2D eigenvalue weighted by molar-refractivity contribution is -0.136. The van der Waals surface area contributed by atoms with Crippen LogP contribution in [0.5, 0.6) is 0 Å². The molecule has 0 bridgehead atoms. The molecule has 0 radical (unpaired) electrons. The van der Waals surface area contributed by atoms with Gasteiger partial charge in [0, 0.05) is 45.0 Å². The summed E-state index contributed by atoms with van der Waals surface area (Å²) in [5, 5.41) is 4.86. The van der Waals surface area contributed by atoms with Gasteiger partial charge in [-0.3, -0.25) is 14.5 Å². The SMILES string of the molecule is O=C(NCCN1CCN(c2ccccc2)CC1)C(=O)Nc1ccccc1F. The van der Waals surface area contributed by atoms with Crippen LogP contribution in [0.3, 0.4) is 0 Å². The van der Waals surface area contributed by atoms with E-state index in [1.54, 1.807) is 6.07 Å². The summed E-state index contributed by atoms with van der Waals surface area (Å²) in [6.45, 7) is 4.67. The third kappa shape index (κ3) is 5.27. The fourth-order valence-electron chi connectivity index (χ4n) is 3.02. The topological polar surface area (TPSA) is 64.7 Å². The standard InChI is InChI=1S/C20H23FN4O2/c21-17-8-4-5-9-18(17)23-20(27)19(26)22-10-11-24-12-14-25(15-13-24)16-6-2-1-3-7-16/h1-9H,10-15H2,(H,22,26)(H,23,27). The summed E-state index contributed by atoms with van der Waals surface area (Å²) >= 11 is 0. The zero-order valence-corrected chi connectivity index (χ0v) is 15.0. The second-order valence-electron chi connectivity index (χ2n) is 6.35. The number of nitrogens with one attached hydrogen (secondary N) is 2. The third-order valence-electron chi connectivity index (χ3n) is 4.54. The van der Waals surface area contributed by atoms with Crippen LogP contribution in [-0.2, 0) is 9.59 Å². The van der Waals surface area contributed by atoms with E-state index in [-0.39, 0.29) is 5.69 Å². The predicted octanol–water partition coefficient (Wildman–Crippen LogP) is 1.70. The maximum absolute atomic E-state index is 13.5. The molecule has 1 aliphatic rings. The number of piperazine rings is 1. The minimum atomic E-state index is -0.867. The van der Waals surface area contributed by atoms with Crippen molar-refractivity contribution in [1.82, 2.24) is 10.2 Å². The van der Waals surface area contributed by atoms with E-state index in [0.717, 1.165) is 26.2 Å². The highest BCUT2D eigenvalue weighted by Crippen LogP contribution is 2.15. The number of amides is 2. The Bertz CT molecular complexity index is 777. The Balaban J connectivity index is 1.37. The van der Waals surface area contributed by atoms with Gasteiger partial charge in [0.2, 0.25) is 0 Å². The van der Waals surface area contributed by atoms with Crippen molar-refractivity contribution in [2.75, 3.05) is 49.5 Å². The zero-order valence-electron chi connectivity index (χ0n) is 15.0. The number of rotatable bonds is 5. The fraction of sp³-hybridized carbons (Fsp3) is 0.300. The Hall–Kier alpha value is -2.93. The second kappa shape index (κ2) is 9.14. The molecule has 0 spiro atoms. The van der Waals surface area contributed by atoms with Crippen molar-refractivity contribution in [1.29, 1.82) is 0 Å². The molecule has 0 atom stereocenters. The van der Waals surface area contributed by atoms with E-state index in [9.17, 15) is 14.0 Å². The predicted molar refractivity (Wildman–Crippen MR) is 103 cm³/mol. The molecule has 1 aliphatic heterocycles. The number of benzene rings is 2. The quantitative estimate of drug-likeness (QED) is 0.787. The molecule has 2 amide bonds. The first-order chi connectivity index (χ1) is 13.1. The summed E-state index contributed by atoms with van der Waals surface area (Å²) in [6.07, 6.45) is 0. The lowest BCUT2D eigenvalue weighted by Crippen LogP contribution is -2.49. The van der Waals surface area contributed by atoms with Gasteiger partial charge in [-0.2, -0.15) is 0 Å². The highest BCUT2D eigenvalue weighted by molar-refractivity contribution is 6.39. The molecule has 0 aromatic heterocycles. The van der Waals surface area contributed by atoms with Crippen LogP contribution in [0.25, 0.3) is 0 Å². The number of hydrogen-bond acceptors (Lipinski definition) is 4. The van der Waals surface area contributed by atoms with Crippen molar-refractivity contribution in [3.63, 3.8) is 0 Å². The van der Waals surface area contributed by atoms with E-state index in [4.69, 9.17) is 0 Å². The largest absolute Gasteiger partial charge is 0.369 e. The molecule has 0 aliphatic carbocycles. The Kier molecular flexibility index (Phi) is 6.38. The Labute approximate surface area is 158 Å². The third-order valence-corrected chi connectivity index (χ3v) is 4.54. The van der Waals surface area contributed by atoms with Gasteiger partial charge in [-0.05, 0) is 24.3 Å². The first kappa shape index (κ1) is 18.8. The number of halogens is 1. The van der Waals surface area contributed by atoms with Crippen molar-refractivity contribution >= 4 is 23.2 Å². The number of nitrogens with zero attached hydrogens (tertiary/aromatic N) is 2. The van der Waals surface area contributed by atoms with Crippen LogP contribution in [0.2, 0.25) is 0 Å². The Morgan fingerprint density at radius 3 is 2.26 bits per heavy atom. The summed E-state index contributed by atoms with van der Waals surface area (Å²) < 4.78 is 13.5. The number of carbonyl (C=O) groups excluding carboxylic acids is 2. The number of carbonyl (C=O) groups is 2. The van der Waals surface area contributed by atoms with Gasteiger partial charge < -0.3 is 15.5 Å². The highest BCUT2D eigenvalue weighted by atomic mass is 19.1. The minimum Gasteiger partial charge on any atom is -0.369 e. The van der Waals surface area contributed by atoms with Crippen LogP contribution in [-0.4, -0.2) is 56.0 Å². The summed E-state index contributed by atoms with van der Waals surface area (Å²) in [6, 6.07) is 16.0. The molecule has 7 heteroatoms. The van der Waals surface area contributed by atoms with Crippen LogP contribution in [0.4, 0.5) is 15.8 Å². The van der Waals surface area contributed by atoms with Crippen LogP contribution < -0.4 is 15.5 Å². The number of para-hydroxylation sites is 2. The Morgan fingerprint density at radius 2 is 1.56 bits per heavy atom. The molecule has 2 aromatic rings. The molecule has 2 aromatic carbocycles. The number of hydrogen-bond donors (Lipinski definition) is 2. The molecular formula is C20H23FN4O2. The monoisotopic (exact) mass is 370 g/mol. The van der Waals surface area contributed by atoms with Crippen LogP contribution in [0.15, 0.2) is 54.6 Å². The van der Waals surface area contributed by atoms with E-state index in [2.05, 4.69) is 32.6 Å². The van der Waals surface area contributed by atoms with Gasteiger partial charge in [0.15, 0.2) is 0 Å². The average Bonchev–Trinajstić information content (AvgIpc) is 2.71. The first-order valence-electron chi connectivity index (χ1n) is 8.99. The summed E-state index contributed by atoms with van der Waals surface area (Å²) in [4.78, 5) is 28.3. The first-order valence-corrected chi connectivity index (χ1v) is 8.99. The lowest BCUT2D eigenvalue weighted by Gasteiger charge is -2.36. The van der Waals surface area contributed by atoms with Crippen LogP contribution in [0.1, 0.15) is 0 Å². The van der Waals surface area contributed by atoms with Gasteiger partial charge >= 0.3 is 11.8 Å². The van der Waals surface area contributed by atoms with Crippen molar-refractivity contribution in [3.05, 3.63) is 60.4 Å². The fourth-order valence-corrected chi connectivity index (χ4v) is 3.02. The van der Waals surface area contributed by atoms with E-state index in [0.29, 0.717) is 13.1 Å². The van der Waals surface area contributed by atoms with Gasteiger partial charge in [0.05, 0.1) is 5.69 Å². The normalized spacial score (nSPS) is 14.6. The molecule has 3 rings (SSSR count). The maximum Gasteiger partial charge on any atom is 0.313 e. The van der Waals surface area contributed by atoms with Gasteiger partial charge in [0.25, 0.3) is 0 Å². The van der Waals surface area contributed by atoms with Gasteiger partial charge in [-0.15, -0.1) is 0 Å². The van der Waals surface area contributed by atoms with E-state index < -0.39 is 17.6 Å². The van der Waals surface area contributed by atoms with Crippen molar-refractivity contribution < 1.29 is 14.0 Å². The minimum absolute atomic E-state index is 0.00492. The highest BCUT2D eigenvalue weighted by Gasteiger charge is 2.18. The molecule has 0 unspecified atom stereocenters. The molecule has 142 valence electrons. The van der Waals surface area contributed by atoms with Crippen molar-refractivity contribution in [3.8, 4) is 0 Å². The molecule has 0 saturated carbocycles. The molecular weight excluding hydrogens is 347 g/mol. The summed E-state index contributed by atoms with van der Waals surface area (Å²) in [5.74, 6) is -2.20. The second-order valence-corrected chi connectivity index (χ2v) is 6.35. The van der Waals surface area contributed by atoms with E-state index in [1.165, 1.54) is 23.9 Å². The number of anilines is 2. The van der Waals surface area contributed by atoms with Gasteiger partial charge in [0.1, 0.15) is 5.82 Å². The van der Waals surface area contributed by atoms with Crippen LogP contribution in [0, 0.1) is 5.82 Å². The smallest absolute Gasteiger partial charge is 0.313 e. The van der Waals surface area contributed by atoms with Gasteiger partial charge in [-0.25, -0.2) is 4.39 Å². The lowest BCUT2D eigenvalue weighted by atomic mass is 10.2. The molecule has 27 heavy (non-hydrogen) atoms. The average molecular weight is 370 g/mol. The van der Waals surface area contributed by atoms with Crippen molar-refractivity contribution in [2.45, 2.75) is 0 Å². The molecule has 1 saturated heterocycles. The molecule has 1 fully saturated rings. The van der Waals surface area contributed by atoms with Crippen molar-refractivity contribution in [2.24, 2.45) is 0 Å². The van der Waals surface area contributed by atoms with E-state index >= 15 is 0 Å². The zero-order chi connectivity index (χ0) is 19.1. The molecule has 1 heterocycles. The maximum atomic E-state index is 13.5.